The molecule has 1 heterocycles. The Kier molecular flexibility index (Phi) is 16.8. The average molecular weight is 415 g/mol. The van der Waals surface area contributed by atoms with Gasteiger partial charge in [0, 0.05) is 0 Å². The van der Waals surface area contributed by atoms with E-state index >= 15 is 0 Å². The first kappa shape index (κ1) is 26.6. The Bertz CT molecular complexity index is 387. The molecule has 1 rings (SSSR count). The quantitative estimate of drug-likeness (QED) is 0.227. The van der Waals surface area contributed by atoms with Crippen molar-refractivity contribution < 1.29 is 24.8 Å². The van der Waals surface area contributed by atoms with Crippen LogP contribution >= 0.6 is 0 Å². The molecule has 0 aromatic rings. The second kappa shape index (κ2) is 18.3. The Balaban J connectivity index is 1.88. The Labute approximate surface area is 178 Å². The fourth-order valence-corrected chi connectivity index (χ4v) is 3.86. The summed E-state index contributed by atoms with van der Waals surface area (Å²) in [6, 6.07) is 0. The van der Waals surface area contributed by atoms with Crippen molar-refractivity contribution in [1.29, 1.82) is 0 Å². The molecule has 0 aromatic heterocycles. The molecule has 1 aliphatic rings. The van der Waals surface area contributed by atoms with Crippen LogP contribution in [0.4, 0.5) is 0 Å². The van der Waals surface area contributed by atoms with Crippen molar-refractivity contribution >= 4 is 0 Å². The first-order valence-electron chi connectivity index (χ1n) is 12.1. The summed E-state index contributed by atoms with van der Waals surface area (Å²) in [6.07, 6.45) is 19.6. The molecule has 172 valence electrons. The third kappa shape index (κ3) is 12.7. The number of unbranched alkanes of at least 4 members (excludes halogenated alkanes) is 13. The third-order valence-corrected chi connectivity index (χ3v) is 5.78. The van der Waals surface area contributed by atoms with E-state index in [0.29, 0.717) is 6.61 Å². The third-order valence-electron chi connectivity index (χ3n) is 5.78. The molecule has 0 unspecified atom stereocenters. The molecular formula is C24H46O5. The molecule has 0 aromatic carbocycles. The number of aliphatic hydroxyl groups is 3. The Hall–Kier alpha value is -0.460. The molecule has 3 N–H and O–H groups in total. The molecule has 1 fully saturated rings. The normalized spacial score (nSPS) is 25.1. The van der Waals surface area contributed by atoms with E-state index in [1.54, 1.807) is 0 Å². The van der Waals surface area contributed by atoms with Gasteiger partial charge in [0.15, 0.2) is 0 Å². The second-order valence-electron chi connectivity index (χ2n) is 8.41. The Morgan fingerprint density at radius 1 is 0.828 bits per heavy atom. The summed E-state index contributed by atoms with van der Waals surface area (Å²) in [5, 5.41) is 29.1. The highest BCUT2D eigenvalue weighted by Gasteiger charge is 2.38. The number of allylic oxidation sites excluding steroid dienone is 1. The van der Waals surface area contributed by atoms with Crippen LogP contribution in [0.25, 0.3) is 0 Å². The number of ether oxygens (including phenoxy) is 2. The van der Waals surface area contributed by atoms with Gasteiger partial charge in [-0.2, -0.15) is 0 Å². The topological polar surface area (TPSA) is 79.2 Å². The fourth-order valence-electron chi connectivity index (χ4n) is 3.86. The summed E-state index contributed by atoms with van der Waals surface area (Å²) in [5.41, 5.74) is 0. The van der Waals surface area contributed by atoms with Crippen LogP contribution in [-0.4, -0.2) is 59.6 Å². The molecule has 1 aliphatic heterocycles. The summed E-state index contributed by atoms with van der Waals surface area (Å²) in [4.78, 5) is 0. The predicted octanol–water partition coefficient (Wildman–Crippen LogP) is 4.52. The van der Waals surface area contributed by atoms with Gasteiger partial charge in [-0.25, -0.2) is 0 Å². The van der Waals surface area contributed by atoms with Crippen molar-refractivity contribution in [2.45, 2.75) is 121 Å². The van der Waals surface area contributed by atoms with Crippen molar-refractivity contribution in [3.8, 4) is 0 Å². The SMILES string of the molecule is CCCCCCCCCCCCCCC/C=C/CO[C@H]1[C@H](O)[C@@H](CO)OC[C@@H]1O. The summed E-state index contributed by atoms with van der Waals surface area (Å²) in [7, 11) is 0. The van der Waals surface area contributed by atoms with Gasteiger partial charge in [-0.1, -0.05) is 96.1 Å². The van der Waals surface area contributed by atoms with E-state index in [0.717, 1.165) is 6.42 Å². The molecular weight excluding hydrogens is 368 g/mol. The van der Waals surface area contributed by atoms with Gasteiger partial charge in [-0.05, 0) is 12.8 Å². The molecule has 0 aliphatic carbocycles. The molecule has 0 saturated carbocycles. The van der Waals surface area contributed by atoms with Crippen LogP contribution in [0.1, 0.15) is 96.8 Å². The largest absolute Gasteiger partial charge is 0.394 e. The Morgan fingerprint density at radius 3 is 1.93 bits per heavy atom. The van der Waals surface area contributed by atoms with Gasteiger partial charge >= 0.3 is 0 Å². The number of rotatable bonds is 18. The van der Waals surface area contributed by atoms with Crippen LogP contribution in [0.2, 0.25) is 0 Å². The van der Waals surface area contributed by atoms with Crippen LogP contribution in [0.15, 0.2) is 12.2 Å². The summed E-state index contributed by atoms with van der Waals surface area (Å²) < 4.78 is 10.8. The highest BCUT2D eigenvalue weighted by atomic mass is 16.6. The number of hydrogen-bond acceptors (Lipinski definition) is 5. The van der Waals surface area contributed by atoms with Crippen LogP contribution in [0.5, 0.6) is 0 Å². The zero-order valence-corrected chi connectivity index (χ0v) is 18.6. The van der Waals surface area contributed by atoms with Crippen molar-refractivity contribution in [2.24, 2.45) is 0 Å². The van der Waals surface area contributed by atoms with Gasteiger partial charge in [-0.3, -0.25) is 0 Å². The highest BCUT2D eigenvalue weighted by Crippen LogP contribution is 2.18. The average Bonchev–Trinajstić information content (AvgIpc) is 2.72. The lowest BCUT2D eigenvalue weighted by molar-refractivity contribution is -0.207. The van der Waals surface area contributed by atoms with E-state index in [4.69, 9.17) is 14.6 Å². The molecule has 0 bridgehead atoms. The van der Waals surface area contributed by atoms with Gasteiger partial charge in [0.25, 0.3) is 0 Å². The minimum atomic E-state index is -1.00. The highest BCUT2D eigenvalue weighted by molar-refractivity contribution is 4.89. The van der Waals surface area contributed by atoms with Gasteiger partial charge in [0.2, 0.25) is 0 Å². The maximum absolute atomic E-state index is 10.0. The fraction of sp³-hybridized carbons (Fsp3) is 0.917. The smallest absolute Gasteiger partial charge is 0.114 e. The zero-order chi connectivity index (χ0) is 21.2. The maximum Gasteiger partial charge on any atom is 0.114 e. The minimum absolute atomic E-state index is 0.0790. The van der Waals surface area contributed by atoms with E-state index in [1.807, 2.05) is 6.08 Å². The first-order valence-corrected chi connectivity index (χ1v) is 12.1. The van der Waals surface area contributed by atoms with E-state index in [-0.39, 0.29) is 13.2 Å². The molecule has 5 nitrogen and oxygen atoms in total. The monoisotopic (exact) mass is 414 g/mol. The first-order chi connectivity index (χ1) is 14.2. The van der Waals surface area contributed by atoms with Crippen molar-refractivity contribution in [1.82, 2.24) is 0 Å². The van der Waals surface area contributed by atoms with E-state index in [9.17, 15) is 10.2 Å². The number of aliphatic hydroxyl groups excluding tert-OH is 3. The molecule has 0 spiro atoms. The molecule has 0 amide bonds. The molecule has 5 heteroatoms. The van der Waals surface area contributed by atoms with Crippen LogP contribution in [0.3, 0.4) is 0 Å². The molecule has 0 radical (unpaired) electrons. The molecule has 29 heavy (non-hydrogen) atoms. The van der Waals surface area contributed by atoms with Crippen LogP contribution < -0.4 is 0 Å². The van der Waals surface area contributed by atoms with E-state index in [1.165, 1.54) is 83.5 Å². The molecule has 1 saturated heterocycles. The van der Waals surface area contributed by atoms with Crippen LogP contribution in [-0.2, 0) is 9.47 Å². The van der Waals surface area contributed by atoms with E-state index in [2.05, 4.69) is 13.0 Å². The zero-order valence-electron chi connectivity index (χ0n) is 18.6. The van der Waals surface area contributed by atoms with Gasteiger partial charge < -0.3 is 24.8 Å². The Morgan fingerprint density at radius 2 is 1.38 bits per heavy atom. The van der Waals surface area contributed by atoms with Crippen molar-refractivity contribution in [3.05, 3.63) is 12.2 Å². The molecule has 4 atom stereocenters. The van der Waals surface area contributed by atoms with Gasteiger partial charge in [0.1, 0.15) is 24.4 Å². The van der Waals surface area contributed by atoms with Gasteiger partial charge in [-0.15, -0.1) is 0 Å². The summed E-state index contributed by atoms with van der Waals surface area (Å²) in [5.74, 6) is 0. The van der Waals surface area contributed by atoms with Crippen molar-refractivity contribution in [2.75, 3.05) is 19.8 Å². The standard InChI is InChI=1S/C24H46O5/c1-2-3-4-5-6-7-8-9-10-11-12-13-14-15-16-17-18-28-24-21(26)20-29-22(19-25)23(24)27/h16-17,21-27H,2-15,18-20H2,1H3/b17-16+/t21-,22+,23+,24+/m0/s1. The minimum Gasteiger partial charge on any atom is -0.394 e. The summed E-state index contributed by atoms with van der Waals surface area (Å²) in [6.45, 7) is 2.43. The van der Waals surface area contributed by atoms with E-state index < -0.39 is 24.4 Å². The lowest BCUT2D eigenvalue weighted by Crippen LogP contribution is -2.55. The summed E-state index contributed by atoms with van der Waals surface area (Å²) >= 11 is 0. The van der Waals surface area contributed by atoms with Crippen molar-refractivity contribution in [3.63, 3.8) is 0 Å². The second-order valence-corrected chi connectivity index (χ2v) is 8.41. The lowest BCUT2D eigenvalue weighted by atomic mass is 10.0. The van der Waals surface area contributed by atoms with Crippen LogP contribution in [0, 0.1) is 0 Å². The maximum atomic E-state index is 10.0. The van der Waals surface area contributed by atoms with Gasteiger partial charge in [0.05, 0.1) is 19.8 Å². The number of hydrogen-bond donors (Lipinski definition) is 3. The lowest BCUT2D eigenvalue weighted by Gasteiger charge is -2.36. The predicted molar refractivity (Wildman–Crippen MR) is 118 cm³/mol.